The van der Waals surface area contributed by atoms with Gasteiger partial charge in [-0.05, 0) is 274 Å². The summed E-state index contributed by atoms with van der Waals surface area (Å²) in [6.45, 7) is 38.4. The molecule has 3 heterocycles. The van der Waals surface area contributed by atoms with Gasteiger partial charge in [-0.1, -0.05) is 12.1 Å². The maximum absolute atomic E-state index is 14.6. The van der Waals surface area contributed by atoms with Crippen molar-refractivity contribution in [2.24, 2.45) is 81.8 Å². The van der Waals surface area contributed by atoms with Gasteiger partial charge >= 0.3 is 36.2 Å². The van der Waals surface area contributed by atoms with E-state index in [-0.39, 0.29) is 58.5 Å². The lowest BCUT2D eigenvalue weighted by Crippen LogP contribution is -3.10. The van der Waals surface area contributed by atoms with Gasteiger partial charge in [0.25, 0.3) is 0 Å². The number of nitrogens with zero attached hydrogens (tertiary/aromatic N) is 4. The van der Waals surface area contributed by atoms with Gasteiger partial charge in [0.05, 0.1) is 32.0 Å². The number of carbonyl (C=O) groups excluding carboxylic acids is 6. The second-order valence-electron chi connectivity index (χ2n) is 34.4. The van der Waals surface area contributed by atoms with Crippen LogP contribution >= 0.6 is 0 Å². The highest BCUT2D eigenvalue weighted by atomic mass is 16.6. The number of benzene rings is 2. The van der Waals surface area contributed by atoms with E-state index in [1.165, 1.54) is 0 Å². The van der Waals surface area contributed by atoms with Gasteiger partial charge in [-0.2, -0.15) is 0 Å². The summed E-state index contributed by atoms with van der Waals surface area (Å²) >= 11 is 0. The molecule has 10 atom stereocenters. The summed E-state index contributed by atoms with van der Waals surface area (Å²) < 4.78 is 48.2. The Hall–Kier alpha value is -5.78. The zero-order valence-electron chi connectivity index (χ0n) is 58.5. The molecule has 6 aliphatic carbocycles. The topological polar surface area (TPSA) is 189 Å². The molecule has 2 aromatic carbocycles. The lowest BCUT2D eigenvalue weighted by Gasteiger charge is -3.12. The van der Waals surface area contributed by atoms with E-state index in [0.717, 1.165) is 35.2 Å². The van der Waals surface area contributed by atoms with Gasteiger partial charge in [-0.3, -0.25) is 19.3 Å². The molecule has 0 spiro atoms. The van der Waals surface area contributed by atoms with Crippen LogP contribution in [-0.4, -0.2) is 149 Å². The van der Waals surface area contributed by atoms with E-state index in [1.54, 1.807) is 28.9 Å². The normalized spacial score (nSPS) is 28.9. The minimum Gasteiger partial charge on any atom is -0.497 e. The van der Waals surface area contributed by atoms with E-state index in [2.05, 4.69) is 29.2 Å². The Morgan fingerprint density at radius 3 is 1.08 bits per heavy atom. The van der Waals surface area contributed by atoms with Crippen LogP contribution in [0.15, 0.2) is 36.4 Å². The molecule has 6 saturated carbocycles. The van der Waals surface area contributed by atoms with Crippen LogP contribution in [0.1, 0.15) is 173 Å². The van der Waals surface area contributed by atoms with Crippen molar-refractivity contribution in [2.45, 2.75) is 210 Å². The summed E-state index contributed by atoms with van der Waals surface area (Å²) in [4.78, 5) is 91.5. The Morgan fingerprint density at radius 2 is 0.747 bits per heavy atom. The van der Waals surface area contributed by atoms with Crippen molar-refractivity contribution < 1.29 is 66.7 Å². The average Bonchev–Trinajstić information content (AvgIpc) is 0.727. The Bertz CT molecular complexity index is 2940. The van der Waals surface area contributed by atoms with Crippen molar-refractivity contribution in [3.63, 3.8) is 0 Å². The number of amides is 3. The van der Waals surface area contributed by atoms with Crippen LogP contribution in [0.2, 0.25) is 0 Å². The van der Waals surface area contributed by atoms with Gasteiger partial charge in [-0.15, -0.1) is 0 Å². The molecule has 11 rings (SSSR count). The summed E-state index contributed by atoms with van der Waals surface area (Å²) in [5, 5.41) is 0. The molecule has 9 aliphatic rings. The number of hydrogen-bond donors (Lipinski definition) is 0. The van der Waals surface area contributed by atoms with Crippen LogP contribution in [0.5, 0.6) is 11.5 Å². The van der Waals surface area contributed by atoms with Crippen molar-refractivity contribution in [3.8, 4) is 11.5 Å². The van der Waals surface area contributed by atoms with Crippen molar-refractivity contribution in [1.29, 1.82) is 0 Å². The first-order valence-corrected chi connectivity index (χ1v) is 33.8. The van der Waals surface area contributed by atoms with E-state index < -0.39 is 57.6 Å². The van der Waals surface area contributed by atoms with Crippen molar-refractivity contribution in [3.05, 3.63) is 58.7 Å². The molecule has 504 valence electrons. The predicted molar refractivity (Wildman–Crippen MR) is 344 cm³/mol. The lowest BCUT2D eigenvalue weighted by molar-refractivity contribution is -0.661. The Labute approximate surface area is 542 Å². The molecule has 4 unspecified atom stereocenters. The second-order valence-corrected chi connectivity index (χ2v) is 34.4. The quantitative estimate of drug-likeness (QED) is 0.0898. The highest BCUT2D eigenvalue weighted by Gasteiger charge is 3.09. The largest absolute Gasteiger partial charge is 0.497 e. The van der Waals surface area contributed by atoms with Crippen LogP contribution in [0.4, 0.5) is 14.4 Å². The highest BCUT2D eigenvalue weighted by molar-refractivity contribution is 5.76. The van der Waals surface area contributed by atoms with Crippen LogP contribution in [0.3, 0.4) is 0 Å². The molecule has 18 heteroatoms. The number of ether oxygens (including phenoxy) is 8. The maximum atomic E-state index is 14.6. The van der Waals surface area contributed by atoms with Crippen LogP contribution in [0, 0.1) is 81.8 Å². The molecule has 3 aliphatic heterocycles. The van der Waals surface area contributed by atoms with Gasteiger partial charge in [0.15, 0.2) is 0 Å². The summed E-state index contributed by atoms with van der Waals surface area (Å²) in [5.41, 5.74) is -0.0683. The summed E-state index contributed by atoms with van der Waals surface area (Å²) in [6.07, 6.45) is 2.35. The van der Waals surface area contributed by atoms with Gasteiger partial charge in [0.2, 0.25) is 0 Å². The third-order valence-corrected chi connectivity index (χ3v) is 20.8. The standard InChI is InChI=1S/C73H108N4O14/c1-66(2,3)86-60(78)51(46-21-24-75(38-46)63(81)89-69(10,11)12)33-42-27-44(31-49(29-42)84-19)36-74(37-45-28-43(30-50(32-45)85-20)34-52(61(79)87-67(4,5)6)47-22-25-76(39-47)64(82)90-70(13,14)15)41-73-57-54-56-55(57)59(73)72(56,58(54)73)35-53(62(80)88-68(7,8)9)48-23-26-77(40-48)65(83)91-71(16,17)18/h27-32,46-48,51-59H,21-26,33-41H2,1-20H3/t46-,47-,48-,51-,52-,53-,54?,55?,56?,57?,58?,59?,72?,73?/m0/s1. The first-order valence-electron chi connectivity index (χ1n) is 33.8. The molecule has 0 bridgehead atoms. The fourth-order valence-corrected chi connectivity index (χ4v) is 18.2. The van der Waals surface area contributed by atoms with E-state index in [1.807, 2.05) is 137 Å². The number of likely N-dealkylation sites (tertiary alicyclic amines) is 3. The molecule has 91 heavy (non-hydrogen) atoms. The SMILES string of the molecule is COc1cc(C[C@H](C(=O)OC(C)(C)C)[C@H]2CCN(C(=O)OC(C)(C)C)C2)cc(CN(Cc2cc(C[C@H](C(=O)OC(C)(C)C)[C@H]3CCN(C(=O)OC(C)(C)C)C3)cc(OC)c2)CC23C4C5C6C4C2C6(C[C@H](C(=O)OC(C)(C)C)[C@H]2CCN(C(=O)OC(C)(C)C)C2)C53)c1. The van der Waals surface area contributed by atoms with E-state index >= 15 is 0 Å². The molecule has 2 aromatic rings. The third-order valence-electron chi connectivity index (χ3n) is 20.8. The summed E-state index contributed by atoms with van der Waals surface area (Å²) in [7, 11) is 3.34. The van der Waals surface area contributed by atoms with Gasteiger partial charge < -0.3 is 52.6 Å². The zero-order valence-corrected chi connectivity index (χ0v) is 58.5. The Morgan fingerprint density at radius 1 is 0.440 bits per heavy atom. The number of carbonyl (C=O) groups is 6. The first kappa shape index (κ1) is 68.1. The first-order chi connectivity index (χ1) is 42.1. The van der Waals surface area contributed by atoms with Gasteiger partial charge in [0.1, 0.15) is 45.1 Å². The van der Waals surface area contributed by atoms with E-state index in [4.69, 9.17) is 37.9 Å². The maximum Gasteiger partial charge on any atom is 0.410 e. The molecular formula is C73H108N4O14. The fourth-order valence-electron chi connectivity index (χ4n) is 18.2. The van der Waals surface area contributed by atoms with Gasteiger partial charge in [0, 0.05) is 58.9 Å². The van der Waals surface area contributed by atoms with Crippen molar-refractivity contribution in [2.75, 3.05) is 60.0 Å². The van der Waals surface area contributed by atoms with Crippen molar-refractivity contribution in [1.82, 2.24) is 19.6 Å². The van der Waals surface area contributed by atoms with Crippen LogP contribution in [0.25, 0.3) is 0 Å². The molecule has 3 saturated heterocycles. The fraction of sp³-hybridized carbons (Fsp3) is 0.753. The molecule has 0 aromatic heterocycles. The lowest BCUT2D eigenvalue weighted by atomic mass is 8.91. The second kappa shape index (κ2) is 24.2. The highest BCUT2D eigenvalue weighted by Crippen LogP contribution is 3.11. The van der Waals surface area contributed by atoms with Gasteiger partial charge in [-0.25, -0.2) is 14.4 Å². The molecule has 9 fully saturated rings. The number of esters is 3. The minimum absolute atomic E-state index is 0.0417. The molecule has 0 N–H and O–H groups in total. The summed E-state index contributed by atoms with van der Waals surface area (Å²) in [5.74, 6) is 2.18. The molecular weight excluding hydrogens is 1160 g/mol. The number of rotatable bonds is 20. The number of methoxy groups -OCH3 is 2. The Balaban J connectivity index is 0.965. The van der Waals surface area contributed by atoms with Crippen molar-refractivity contribution >= 4 is 36.2 Å². The molecule has 3 amide bonds. The van der Waals surface area contributed by atoms with Crippen LogP contribution < -0.4 is 9.47 Å². The van der Waals surface area contributed by atoms with E-state index in [0.29, 0.717) is 131 Å². The number of hydrogen-bond acceptors (Lipinski definition) is 15. The smallest absolute Gasteiger partial charge is 0.410 e. The summed E-state index contributed by atoms with van der Waals surface area (Å²) in [6, 6.07) is 12.6. The molecule has 0 radical (unpaired) electrons. The van der Waals surface area contributed by atoms with E-state index in [9.17, 15) is 28.8 Å². The zero-order chi connectivity index (χ0) is 66.7. The average molecular weight is 1270 g/mol. The molecule has 18 nitrogen and oxygen atoms in total. The van der Waals surface area contributed by atoms with Crippen LogP contribution in [-0.2, 0) is 68.7 Å². The Kier molecular flexibility index (Phi) is 18.1. The third kappa shape index (κ3) is 14.1. The monoisotopic (exact) mass is 1260 g/mol. The predicted octanol–water partition coefficient (Wildman–Crippen LogP) is 12.6. The minimum atomic E-state index is -0.729.